The molecule has 4 rings (SSSR count). The van der Waals surface area contributed by atoms with Crippen molar-refractivity contribution < 1.29 is 9.53 Å². The maximum atomic E-state index is 12.3. The van der Waals surface area contributed by atoms with Crippen molar-refractivity contribution in [1.82, 2.24) is 4.90 Å². The fraction of sp³-hybridized carbons (Fsp3) is 0.458. The zero-order valence-corrected chi connectivity index (χ0v) is 19.4. The molecular weight excluding hydrogens is 394 g/mol. The van der Waals surface area contributed by atoms with Gasteiger partial charge in [-0.1, -0.05) is 24.8 Å². The van der Waals surface area contributed by atoms with Gasteiger partial charge >= 0.3 is 6.09 Å². The number of amides is 1. The predicted octanol–water partition coefficient (Wildman–Crippen LogP) is 5.82. The van der Waals surface area contributed by atoms with Crippen LogP contribution in [-0.2, 0) is 11.2 Å². The van der Waals surface area contributed by atoms with E-state index in [-0.39, 0.29) is 6.09 Å². The Labute approximate surface area is 183 Å². The van der Waals surface area contributed by atoms with Crippen molar-refractivity contribution in [3.05, 3.63) is 41.5 Å². The lowest BCUT2D eigenvalue weighted by Crippen LogP contribution is -2.50. The van der Waals surface area contributed by atoms with Gasteiger partial charge in [0.25, 0.3) is 0 Å². The van der Waals surface area contributed by atoms with Gasteiger partial charge in [-0.05, 0) is 69.5 Å². The predicted molar refractivity (Wildman–Crippen MR) is 124 cm³/mol. The third kappa shape index (κ3) is 4.38. The molecule has 1 amide bonds. The number of ether oxygens (including phenoxy) is 1. The molecule has 6 heteroatoms. The minimum absolute atomic E-state index is 0.217. The molecule has 2 aromatic carbocycles. The van der Waals surface area contributed by atoms with E-state index in [0.717, 1.165) is 19.5 Å². The topological polar surface area (TPSA) is 44.8 Å². The number of fused-ring (bicyclic) bond motifs is 2. The summed E-state index contributed by atoms with van der Waals surface area (Å²) in [5.74, 6) is 0. The van der Waals surface area contributed by atoms with Gasteiger partial charge in [-0.3, -0.25) is 0 Å². The molecule has 2 heterocycles. The Hall–Kier alpha value is -2.34. The number of aryl methyl sites for hydroxylation is 2. The van der Waals surface area contributed by atoms with E-state index in [1.807, 2.05) is 37.4 Å². The minimum Gasteiger partial charge on any atom is -0.444 e. The van der Waals surface area contributed by atoms with Crippen molar-refractivity contribution in [1.29, 1.82) is 0 Å². The number of hydrogen-bond donors (Lipinski definition) is 1. The van der Waals surface area contributed by atoms with Crippen LogP contribution in [0.3, 0.4) is 0 Å². The molecule has 0 spiro atoms. The van der Waals surface area contributed by atoms with Gasteiger partial charge in [0.2, 0.25) is 0 Å². The van der Waals surface area contributed by atoms with Gasteiger partial charge < -0.3 is 19.9 Å². The largest absolute Gasteiger partial charge is 0.444 e. The Morgan fingerprint density at radius 2 is 1.83 bits per heavy atom. The molecule has 1 saturated heterocycles. The van der Waals surface area contributed by atoms with E-state index in [0.29, 0.717) is 13.1 Å². The Kier molecular flexibility index (Phi) is 5.62. The van der Waals surface area contributed by atoms with Crippen LogP contribution in [0, 0.1) is 6.92 Å². The van der Waals surface area contributed by atoms with Crippen LogP contribution in [0.4, 0.5) is 21.9 Å². The number of carbonyl (C=O) groups is 1. The molecule has 2 aromatic rings. The molecule has 160 valence electrons. The maximum absolute atomic E-state index is 12.3. The van der Waals surface area contributed by atoms with Crippen LogP contribution in [-0.4, -0.2) is 42.8 Å². The Bertz CT molecular complexity index is 960. The Morgan fingerprint density at radius 1 is 1.10 bits per heavy atom. The molecule has 2 aliphatic heterocycles. The molecule has 1 N–H and O–H groups in total. The van der Waals surface area contributed by atoms with E-state index < -0.39 is 5.60 Å². The minimum atomic E-state index is -0.455. The third-order valence-electron chi connectivity index (χ3n) is 5.45. The summed E-state index contributed by atoms with van der Waals surface area (Å²) in [6.07, 6.45) is 0.804. The van der Waals surface area contributed by atoms with Crippen LogP contribution in [0.2, 0.25) is 0 Å². The number of anilines is 3. The number of hydrogen-bond acceptors (Lipinski definition) is 5. The summed E-state index contributed by atoms with van der Waals surface area (Å²) >= 11 is 1.84. The highest BCUT2D eigenvalue weighted by atomic mass is 32.2. The SMILES string of the molecule is CCc1cc(C)cc2c1Nc1ccc(N3CCN(C(=O)OC(C)(C)C)CC3)cc1S2. The van der Waals surface area contributed by atoms with E-state index >= 15 is 0 Å². The highest BCUT2D eigenvalue weighted by Crippen LogP contribution is 2.47. The van der Waals surface area contributed by atoms with E-state index in [9.17, 15) is 4.79 Å². The summed E-state index contributed by atoms with van der Waals surface area (Å²) in [6.45, 7) is 13.1. The number of nitrogens with one attached hydrogen (secondary N) is 1. The average molecular weight is 426 g/mol. The van der Waals surface area contributed by atoms with E-state index in [1.54, 1.807) is 0 Å². The second kappa shape index (κ2) is 8.06. The molecule has 5 nitrogen and oxygen atoms in total. The number of carbonyl (C=O) groups excluding carboxylic acids is 1. The first-order valence-electron chi connectivity index (χ1n) is 10.7. The summed E-state index contributed by atoms with van der Waals surface area (Å²) in [5, 5.41) is 3.65. The number of rotatable bonds is 2. The lowest BCUT2D eigenvalue weighted by molar-refractivity contribution is 0.0240. The van der Waals surface area contributed by atoms with E-state index in [2.05, 4.69) is 54.4 Å². The third-order valence-corrected chi connectivity index (χ3v) is 6.55. The van der Waals surface area contributed by atoms with Crippen LogP contribution in [0.1, 0.15) is 38.8 Å². The standard InChI is InChI=1S/C24H31N3O2S/c1-6-17-13-16(2)14-21-22(17)25-19-8-7-18(15-20(19)30-21)26-9-11-27(12-10-26)23(28)29-24(3,4)5/h7-8,13-15,25H,6,9-12H2,1-5H3. The lowest BCUT2D eigenvalue weighted by atomic mass is 10.1. The molecule has 1 fully saturated rings. The van der Waals surface area contributed by atoms with E-state index in [1.165, 1.54) is 38.0 Å². The molecule has 0 bridgehead atoms. The van der Waals surface area contributed by atoms with Gasteiger partial charge in [0.05, 0.1) is 11.4 Å². The van der Waals surface area contributed by atoms with Crippen molar-refractivity contribution in [3.63, 3.8) is 0 Å². The fourth-order valence-corrected chi connectivity index (χ4v) is 5.12. The number of nitrogens with zero attached hydrogens (tertiary/aromatic N) is 2. The summed E-state index contributed by atoms with van der Waals surface area (Å²) in [6, 6.07) is 11.2. The van der Waals surface area contributed by atoms with Crippen LogP contribution < -0.4 is 10.2 Å². The molecule has 0 saturated carbocycles. The van der Waals surface area contributed by atoms with Crippen LogP contribution in [0.5, 0.6) is 0 Å². The van der Waals surface area contributed by atoms with Crippen LogP contribution >= 0.6 is 11.8 Å². The van der Waals surface area contributed by atoms with Gasteiger partial charge in [-0.15, -0.1) is 0 Å². The highest BCUT2D eigenvalue weighted by Gasteiger charge is 2.27. The van der Waals surface area contributed by atoms with Gasteiger partial charge in [-0.2, -0.15) is 0 Å². The molecule has 2 aliphatic rings. The van der Waals surface area contributed by atoms with Crippen molar-refractivity contribution in [2.45, 2.75) is 56.4 Å². The molecule has 0 unspecified atom stereocenters. The highest BCUT2D eigenvalue weighted by molar-refractivity contribution is 7.99. The lowest BCUT2D eigenvalue weighted by Gasteiger charge is -2.37. The molecule has 30 heavy (non-hydrogen) atoms. The second-order valence-corrected chi connectivity index (χ2v) is 10.1. The van der Waals surface area contributed by atoms with Gasteiger partial charge in [-0.25, -0.2) is 4.79 Å². The summed E-state index contributed by atoms with van der Waals surface area (Å²) in [7, 11) is 0. The van der Waals surface area contributed by atoms with Gasteiger partial charge in [0.15, 0.2) is 0 Å². The second-order valence-electron chi connectivity index (χ2n) is 9.01. The molecular formula is C24H31N3O2S. The molecule has 0 aliphatic carbocycles. The Morgan fingerprint density at radius 3 is 2.50 bits per heavy atom. The molecule has 0 radical (unpaired) electrons. The Balaban J connectivity index is 1.46. The molecule has 0 aromatic heterocycles. The zero-order valence-electron chi connectivity index (χ0n) is 18.5. The van der Waals surface area contributed by atoms with Crippen LogP contribution in [0.15, 0.2) is 40.1 Å². The first-order valence-corrected chi connectivity index (χ1v) is 11.5. The quantitative estimate of drug-likeness (QED) is 0.560. The monoisotopic (exact) mass is 425 g/mol. The smallest absolute Gasteiger partial charge is 0.410 e. The summed E-state index contributed by atoms with van der Waals surface area (Å²) in [4.78, 5) is 19.0. The molecule has 0 atom stereocenters. The van der Waals surface area contributed by atoms with E-state index in [4.69, 9.17) is 4.74 Å². The zero-order chi connectivity index (χ0) is 21.5. The number of benzene rings is 2. The first kappa shape index (κ1) is 20.9. The summed E-state index contributed by atoms with van der Waals surface area (Å²) < 4.78 is 5.51. The normalized spacial score (nSPS) is 15.9. The number of piperazine rings is 1. The maximum Gasteiger partial charge on any atom is 0.410 e. The fourth-order valence-electron chi connectivity index (χ4n) is 3.95. The van der Waals surface area contributed by atoms with Gasteiger partial charge in [0, 0.05) is 41.7 Å². The van der Waals surface area contributed by atoms with Crippen LogP contribution in [0.25, 0.3) is 0 Å². The average Bonchev–Trinajstić information content (AvgIpc) is 2.70. The van der Waals surface area contributed by atoms with Gasteiger partial charge in [0.1, 0.15) is 5.60 Å². The van der Waals surface area contributed by atoms with Crippen molar-refractivity contribution in [2.24, 2.45) is 0 Å². The first-order chi connectivity index (χ1) is 14.2. The summed E-state index contributed by atoms with van der Waals surface area (Å²) in [5.41, 5.74) is 5.84. The van der Waals surface area contributed by atoms with Crippen molar-refractivity contribution in [3.8, 4) is 0 Å². The van der Waals surface area contributed by atoms with Crippen molar-refractivity contribution >= 4 is 34.9 Å². The van der Waals surface area contributed by atoms with Crippen molar-refractivity contribution in [2.75, 3.05) is 36.4 Å².